The van der Waals surface area contributed by atoms with Gasteiger partial charge in [-0.15, -0.1) is 11.3 Å². The molecular formula is C24H27N3O3S. The highest BCUT2D eigenvalue weighted by atomic mass is 32.1. The van der Waals surface area contributed by atoms with Crippen LogP contribution in [0.15, 0.2) is 36.5 Å². The molecule has 0 unspecified atom stereocenters. The van der Waals surface area contributed by atoms with E-state index in [9.17, 15) is 9.59 Å². The van der Waals surface area contributed by atoms with Gasteiger partial charge in [0, 0.05) is 37.1 Å². The number of rotatable bonds is 6. The van der Waals surface area contributed by atoms with Crippen LogP contribution in [0.1, 0.15) is 44.3 Å². The van der Waals surface area contributed by atoms with E-state index >= 15 is 0 Å². The van der Waals surface area contributed by atoms with Crippen molar-refractivity contribution in [3.05, 3.63) is 63.7 Å². The van der Waals surface area contributed by atoms with E-state index < -0.39 is 0 Å². The molecule has 2 amide bonds. The Bertz CT molecular complexity index is 1120. The van der Waals surface area contributed by atoms with Gasteiger partial charge in [-0.05, 0) is 48.6 Å². The number of amides is 2. The Morgan fingerprint density at radius 3 is 2.87 bits per heavy atom. The van der Waals surface area contributed by atoms with Crippen molar-refractivity contribution in [2.75, 3.05) is 26.2 Å². The first kappa shape index (κ1) is 21.5. The molecule has 7 heteroatoms. The highest BCUT2D eigenvalue weighted by Gasteiger charge is 2.32. The quantitative estimate of drug-likeness (QED) is 0.621. The third-order valence-corrected chi connectivity index (χ3v) is 7.11. The van der Waals surface area contributed by atoms with Crippen molar-refractivity contribution in [3.63, 3.8) is 0 Å². The molecule has 2 aromatic heterocycles. The lowest BCUT2D eigenvalue weighted by atomic mass is 9.95. The number of aliphatic hydroxyl groups excluding tert-OH is 1. The molecule has 0 aliphatic carbocycles. The van der Waals surface area contributed by atoms with Gasteiger partial charge >= 0.3 is 0 Å². The number of thiophene rings is 1. The molecule has 1 aromatic carbocycles. The lowest BCUT2D eigenvalue weighted by molar-refractivity contribution is -0.129. The molecule has 4 rings (SSSR count). The molecule has 3 heterocycles. The van der Waals surface area contributed by atoms with E-state index in [1.165, 1.54) is 22.5 Å². The van der Waals surface area contributed by atoms with Gasteiger partial charge in [-0.2, -0.15) is 0 Å². The summed E-state index contributed by atoms with van der Waals surface area (Å²) in [6, 6.07) is 10.0. The number of hydrogen-bond donors (Lipinski definition) is 2. The van der Waals surface area contributed by atoms with Gasteiger partial charge in [0.15, 0.2) is 0 Å². The predicted molar refractivity (Wildman–Crippen MR) is 123 cm³/mol. The lowest BCUT2D eigenvalue weighted by Crippen LogP contribution is -2.30. The highest BCUT2D eigenvalue weighted by molar-refractivity contribution is 7.20. The van der Waals surface area contributed by atoms with Crippen molar-refractivity contribution in [3.8, 4) is 0 Å². The van der Waals surface area contributed by atoms with Crippen LogP contribution in [0.25, 0.3) is 10.2 Å². The van der Waals surface area contributed by atoms with Crippen LogP contribution in [0.3, 0.4) is 0 Å². The maximum atomic E-state index is 13.0. The molecule has 0 radical (unpaired) electrons. The minimum Gasteiger partial charge on any atom is -0.395 e. The molecule has 2 N–H and O–H groups in total. The third kappa shape index (κ3) is 4.48. The highest BCUT2D eigenvalue weighted by Crippen LogP contribution is 2.39. The first-order valence-corrected chi connectivity index (χ1v) is 11.4. The zero-order valence-corrected chi connectivity index (χ0v) is 18.7. The Hall–Kier alpha value is -2.77. The van der Waals surface area contributed by atoms with Crippen molar-refractivity contribution >= 4 is 33.4 Å². The molecule has 1 aliphatic rings. The number of aromatic nitrogens is 1. The van der Waals surface area contributed by atoms with Gasteiger partial charge in [-0.1, -0.05) is 24.3 Å². The Labute approximate surface area is 185 Å². The monoisotopic (exact) mass is 437 g/mol. The number of benzene rings is 1. The Kier molecular flexibility index (Phi) is 6.34. The molecule has 1 aliphatic heterocycles. The summed E-state index contributed by atoms with van der Waals surface area (Å²) in [6.07, 6.45) is 2.94. The maximum absolute atomic E-state index is 13.0. The summed E-state index contributed by atoms with van der Waals surface area (Å²) in [6.45, 7) is 5.53. The molecule has 0 spiro atoms. The number of fused-ring (bicyclic) bond motifs is 1. The van der Waals surface area contributed by atoms with E-state index in [0.29, 0.717) is 24.4 Å². The smallest absolute Gasteiger partial charge is 0.261 e. The second-order valence-corrected chi connectivity index (χ2v) is 9.10. The zero-order valence-electron chi connectivity index (χ0n) is 17.9. The first-order valence-electron chi connectivity index (χ1n) is 10.6. The van der Waals surface area contributed by atoms with E-state index in [4.69, 9.17) is 5.11 Å². The SMILES string of the molecule is Cc1ccc(CC(=O)N2CC[C@H](c3c(C(=O)NCCO)sc4ncccc34)C2)cc1C. The van der Waals surface area contributed by atoms with Crippen molar-refractivity contribution < 1.29 is 14.7 Å². The summed E-state index contributed by atoms with van der Waals surface area (Å²) in [5.74, 6) is 0.0261. The summed E-state index contributed by atoms with van der Waals surface area (Å²) in [5, 5.41) is 12.8. The standard InChI is InChI=1S/C24H27N3O3S/c1-15-5-6-17(12-16(15)2)13-20(29)27-10-7-18(14-27)21-19-4-3-8-26-24(19)31-22(21)23(30)25-9-11-28/h3-6,8,12,18,28H,7,9-11,13-14H2,1-2H3,(H,25,30)/t18-/m0/s1. The molecule has 1 atom stereocenters. The number of aliphatic hydroxyl groups is 1. The molecule has 3 aromatic rings. The number of carbonyl (C=O) groups excluding carboxylic acids is 2. The van der Waals surface area contributed by atoms with Crippen LogP contribution in [-0.2, 0) is 11.2 Å². The van der Waals surface area contributed by atoms with E-state index in [1.54, 1.807) is 6.20 Å². The van der Waals surface area contributed by atoms with Crippen molar-refractivity contribution in [1.82, 2.24) is 15.2 Å². The minimum absolute atomic E-state index is 0.0940. The van der Waals surface area contributed by atoms with Gasteiger partial charge < -0.3 is 15.3 Å². The number of aryl methyl sites for hydroxylation is 2. The normalized spacial score (nSPS) is 16.1. The molecule has 1 saturated heterocycles. The molecule has 162 valence electrons. The van der Waals surface area contributed by atoms with Crippen molar-refractivity contribution in [2.24, 2.45) is 0 Å². The number of nitrogens with zero attached hydrogens (tertiary/aromatic N) is 2. The van der Waals surface area contributed by atoms with E-state index in [-0.39, 0.29) is 30.9 Å². The Morgan fingerprint density at radius 1 is 1.26 bits per heavy atom. The van der Waals surface area contributed by atoms with Crippen molar-refractivity contribution in [1.29, 1.82) is 0 Å². The summed E-state index contributed by atoms with van der Waals surface area (Å²) >= 11 is 1.38. The minimum atomic E-state index is -0.188. The Balaban J connectivity index is 1.55. The number of likely N-dealkylation sites (tertiary alicyclic amines) is 1. The van der Waals surface area contributed by atoms with Gasteiger partial charge in [0.25, 0.3) is 5.91 Å². The fourth-order valence-corrected chi connectivity index (χ4v) is 5.34. The summed E-state index contributed by atoms with van der Waals surface area (Å²) in [7, 11) is 0. The molecule has 1 fully saturated rings. The van der Waals surface area contributed by atoms with Crippen LogP contribution < -0.4 is 5.32 Å². The van der Waals surface area contributed by atoms with Crippen LogP contribution in [0.4, 0.5) is 0 Å². The summed E-state index contributed by atoms with van der Waals surface area (Å²) in [5.41, 5.74) is 4.43. The molecule has 6 nitrogen and oxygen atoms in total. The second-order valence-electron chi connectivity index (χ2n) is 8.10. The van der Waals surface area contributed by atoms with E-state index in [0.717, 1.165) is 27.8 Å². The van der Waals surface area contributed by atoms with Crippen LogP contribution in [0, 0.1) is 13.8 Å². The first-order chi connectivity index (χ1) is 15.0. The largest absolute Gasteiger partial charge is 0.395 e. The molecule has 0 saturated carbocycles. The fraction of sp³-hybridized carbons (Fsp3) is 0.375. The van der Waals surface area contributed by atoms with Gasteiger partial charge in [-0.3, -0.25) is 9.59 Å². The van der Waals surface area contributed by atoms with E-state index in [1.807, 2.05) is 23.1 Å². The number of hydrogen-bond acceptors (Lipinski definition) is 5. The number of pyridine rings is 1. The summed E-state index contributed by atoms with van der Waals surface area (Å²) in [4.78, 5) is 33.5. The third-order valence-electron chi connectivity index (χ3n) is 5.98. The molecule has 0 bridgehead atoms. The predicted octanol–water partition coefficient (Wildman–Crippen LogP) is 3.19. The molecule has 31 heavy (non-hydrogen) atoms. The van der Waals surface area contributed by atoms with Crippen molar-refractivity contribution in [2.45, 2.75) is 32.6 Å². The van der Waals surface area contributed by atoms with Gasteiger partial charge in [-0.25, -0.2) is 4.98 Å². The Morgan fingerprint density at radius 2 is 2.10 bits per heavy atom. The van der Waals surface area contributed by atoms with Gasteiger partial charge in [0.1, 0.15) is 4.83 Å². The lowest BCUT2D eigenvalue weighted by Gasteiger charge is -2.18. The van der Waals surface area contributed by atoms with Gasteiger partial charge in [0.05, 0.1) is 17.9 Å². The average molecular weight is 438 g/mol. The number of carbonyl (C=O) groups is 2. The second kappa shape index (κ2) is 9.16. The molecular weight excluding hydrogens is 410 g/mol. The van der Waals surface area contributed by atoms with Crippen LogP contribution in [0.2, 0.25) is 0 Å². The maximum Gasteiger partial charge on any atom is 0.261 e. The van der Waals surface area contributed by atoms with Crippen LogP contribution in [0.5, 0.6) is 0 Å². The van der Waals surface area contributed by atoms with Crippen LogP contribution in [-0.4, -0.2) is 53.0 Å². The zero-order chi connectivity index (χ0) is 22.0. The number of nitrogens with one attached hydrogen (secondary N) is 1. The van der Waals surface area contributed by atoms with Gasteiger partial charge in [0.2, 0.25) is 5.91 Å². The topological polar surface area (TPSA) is 82.5 Å². The summed E-state index contributed by atoms with van der Waals surface area (Å²) < 4.78 is 0. The fourth-order valence-electron chi connectivity index (χ4n) is 4.20. The average Bonchev–Trinajstić information content (AvgIpc) is 3.39. The van der Waals surface area contributed by atoms with E-state index in [2.05, 4.69) is 36.3 Å². The van der Waals surface area contributed by atoms with Crippen LogP contribution >= 0.6 is 11.3 Å².